The van der Waals surface area contributed by atoms with E-state index in [0.29, 0.717) is 0 Å². The first kappa shape index (κ1) is 11.7. The van der Waals surface area contributed by atoms with E-state index in [1.54, 1.807) is 0 Å². The highest BCUT2D eigenvalue weighted by Crippen LogP contribution is 2.27. The van der Waals surface area contributed by atoms with Crippen molar-refractivity contribution in [2.45, 2.75) is 44.0 Å². The smallest absolute Gasteiger partial charge is 0.303 e. The summed E-state index contributed by atoms with van der Waals surface area (Å²) in [5.74, 6) is -2.64. The van der Waals surface area contributed by atoms with Crippen LogP contribution in [0.2, 0.25) is 0 Å². The lowest BCUT2D eigenvalue weighted by Crippen LogP contribution is -2.55. The van der Waals surface area contributed by atoms with Crippen LogP contribution in [-0.4, -0.2) is 47.8 Å². The zero-order valence-electron chi connectivity index (χ0n) is 12.9. The van der Waals surface area contributed by atoms with Crippen molar-refractivity contribution in [1.82, 2.24) is 0 Å². The Morgan fingerprint density at radius 3 is 2.16 bits per heavy atom. The van der Waals surface area contributed by atoms with Gasteiger partial charge in [-0.1, -0.05) is 15.9 Å². The minimum atomic E-state index is -1.19. The van der Waals surface area contributed by atoms with Crippen LogP contribution in [0.1, 0.15) is 24.8 Å². The fraction of sp³-hybridized carbons (Fsp3) is 0.727. The van der Waals surface area contributed by atoms with Crippen LogP contribution >= 0.6 is 15.9 Å². The van der Waals surface area contributed by atoms with Gasteiger partial charge in [0.1, 0.15) is 0 Å². The van der Waals surface area contributed by atoms with Crippen LogP contribution in [0, 0.1) is 0 Å². The number of rotatable bonds is 3. The summed E-state index contributed by atoms with van der Waals surface area (Å²) in [6.07, 6.45) is -3.42. The van der Waals surface area contributed by atoms with Crippen molar-refractivity contribution in [2.75, 3.05) is 6.61 Å². The first-order chi connectivity index (χ1) is 10.4. The normalized spacial score (nSPS) is 32.4. The van der Waals surface area contributed by atoms with Gasteiger partial charge >= 0.3 is 17.9 Å². The van der Waals surface area contributed by atoms with Crippen molar-refractivity contribution in [3.63, 3.8) is 0 Å². The fourth-order valence-electron chi connectivity index (χ4n) is 1.57. The standard InChI is InChI=1S/C11H15BrO7/c1-5(13)17-8-4-16-11(12)10(19-7(3)15)9(8)18-6(2)14/h8-11H,4H2,1-3H3/t8-,9-,10+,11?/m1/s1/i1D,2D,3D. The molecule has 7 nitrogen and oxygen atoms in total. The molecule has 108 valence electrons. The molecule has 0 aromatic heterocycles. The summed E-state index contributed by atoms with van der Waals surface area (Å²) in [5.41, 5.74) is 0. The second-order valence-electron chi connectivity index (χ2n) is 3.62. The highest BCUT2D eigenvalue weighted by atomic mass is 79.9. The molecule has 0 N–H and O–H groups in total. The third-order valence-electron chi connectivity index (χ3n) is 2.19. The van der Waals surface area contributed by atoms with Crippen LogP contribution < -0.4 is 0 Å². The predicted molar refractivity (Wildman–Crippen MR) is 65.3 cm³/mol. The van der Waals surface area contributed by atoms with Gasteiger partial charge in [-0.25, -0.2) is 0 Å². The van der Waals surface area contributed by atoms with Gasteiger partial charge in [0.25, 0.3) is 0 Å². The molecule has 0 amide bonds. The van der Waals surface area contributed by atoms with Crippen LogP contribution in [0.3, 0.4) is 0 Å². The predicted octanol–water partition coefficient (Wildman–Crippen LogP) is 0.533. The van der Waals surface area contributed by atoms with Gasteiger partial charge in [-0.05, 0) is 0 Å². The molecule has 1 unspecified atom stereocenters. The molecule has 1 heterocycles. The minimum absolute atomic E-state index is 0.146. The van der Waals surface area contributed by atoms with Gasteiger partial charge in [0, 0.05) is 24.8 Å². The van der Waals surface area contributed by atoms with E-state index in [0.717, 1.165) is 0 Å². The Labute approximate surface area is 122 Å². The van der Waals surface area contributed by atoms with Crippen molar-refractivity contribution in [2.24, 2.45) is 0 Å². The molecule has 1 aliphatic heterocycles. The van der Waals surface area contributed by atoms with E-state index < -0.39 is 61.9 Å². The molecule has 0 bridgehead atoms. The number of esters is 3. The highest BCUT2D eigenvalue weighted by molar-refractivity contribution is 9.09. The zero-order chi connectivity index (χ0) is 16.7. The molecule has 0 spiro atoms. The van der Waals surface area contributed by atoms with Crippen LogP contribution in [0.15, 0.2) is 0 Å². The number of carbonyl (C=O) groups is 3. The Hall–Kier alpha value is -1.15. The lowest BCUT2D eigenvalue weighted by Gasteiger charge is -2.38. The van der Waals surface area contributed by atoms with Crippen LogP contribution in [0.25, 0.3) is 0 Å². The van der Waals surface area contributed by atoms with Crippen molar-refractivity contribution in [1.29, 1.82) is 0 Å². The molecule has 1 saturated heterocycles. The topological polar surface area (TPSA) is 88.1 Å². The summed E-state index contributed by atoms with van der Waals surface area (Å²) in [6.45, 7) is -2.09. The third-order valence-corrected chi connectivity index (χ3v) is 2.97. The van der Waals surface area contributed by atoms with E-state index in [1.165, 1.54) is 0 Å². The average molecular weight is 342 g/mol. The van der Waals surface area contributed by atoms with E-state index in [4.69, 9.17) is 23.1 Å². The molecule has 19 heavy (non-hydrogen) atoms. The quantitative estimate of drug-likeness (QED) is 0.420. The zero-order valence-corrected chi connectivity index (χ0v) is 11.5. The molecule has 0 radical (unpaired) electrons. The first-order valence-electron chi connectivity index (χ1n) is 7.26. The monoisotopic (exact) mass is 341 g/mol. The summed E-state index contributed by atoms with van der Waals surface area (Å²) in [6, 6.07) is 0. The number of halogens is 1. The Balaban J connectivity index is 2.92. The Morgan fingerprint density at radius 2 is 1.58 bits per heavy atom. The van der Waals surface area contributed by atoms with Crippen molar-refractivity contribution in [3.8, 4) is 0 Å². The van der Waals surface area contributed by atoms with E-state index in [2.05, 4.69) is 15.9 Å². The summed E-state index contributed by atoms with van der Waals surface area (Å²) < 4.78 is 41.0. The summed E-state index contributed by atoms with van der Waals surface area (Å²) >= 11 is 3.10. The summed E-state index contributed by atoms with van der Waals surface area (Å²) in [5, 5.41) is -0.836. The summed E-state index contributed by atoms with van der Waals surface area (Å²) in [4.78, 5) is 33.9. The molecular formula is C11H15BrO7. The first-order valence-corrected chi connectivity index (χ1v) is 6.06. The number of hydrogen-bond acceptors (Lipinski definition) is 7. The number of carbonyl (C=O) groups excluding carboxylic acids is 3. The number of ether oxygens (including phenoxy) is 4. The van der Waals surface area contributed by atoms with E-state index in [1.807, 2.05) is 0 Å². The average Bonchev–Trinajstić information content (AvgIpc) is 2.52. The molecule has 1 fully saturated rings. The van der Waals surface area contributed by atoms with E-state index in [-0.39, 0.29) is 6.61 Å². The maximum atomic E-state index is 11.4. The van der Waals surface area contributed by atoms with Gasteiger partial charge in [0.2, 0.25) is 0 Å². The maximum absolute atomic E-state index is 11.4. The maximum Gasteiger partial charge on any atom is 0.303 e. The van der Waals surface area contributed by atoms with Crippen molar-refractivity contribution < 1.29 is 37.4 Å². The van der Waals surface area contributed by atoms with E-state index in [9.17, 15) is 14.4 Å². The molecule has 0 aromatic rings. The number of alkyl halides is 1. The lowest BCUT2D eigenvalue weighted by molar-refractivity contribution is -0.212. The van der Waals surface area contributed by atoms with Gasteiger partial charge in [0.05, 0.1) is 6.61 Å². The lowest BCUT2D eigenvalue weighted by atomic mass is 10.1. The molecule has 0 saturated carbocycles. The van der Waals surface area contributed by atoms with Crippen LogP contribution in [-0.2, 0) is 33.3 Å². The molecule has 4 atom stereocenters. The fourth-order valence-corrected chi connectivity index (χ4v) is 2.14. The van der Waals surface area contributed by atoms with Crippen LogP contribution in [0.5, 0.6) is 0 Å². The SMILES string of the molecule is [2H]CC(=O)O[C@H]1[C@H](OC(=O)C[2H])C(Br)OC[C@H]1OC(=O)C[2H]. The Kier molecular flexibility index (Phi) is 4.21. The molecule has 1 aliphatic rings. The summed E-state index contributed by atoms with van der Waals surface area (Å²) in [7, 11) is 0. The largest absolute Gasteiger partial charge is 0.456 e. The van der Waals surface area contributed by atoms with Gasteiger partial charge in [-0.3, -0.25) is 14.4 Å². The second-order valence-corrected chi connectivity index (χ2v) is 4.52. The molecule has 0 aliphatic carbocycles. The Morgan fingerprint density at radius 1 is 1.05 bits per heavy atom. The molecular weight excluding hydrogens is 324 g/mol. The van der Waals surface area contributed by atoms with Gasteiger partial charge in [-0.15, -0.1) is 0 Å². The van der Waals surface area contributed by atoms with Crippen molar-refractivity contribution in [3.05, 3.63) is 0 Å². The van der Waals surface area contributed by atoms with Gasteiger partial charge < -0.3 is 18.9 Å². The third kappa shape index (κ3) is 4.79. The molecule has 1 rings (SSSR count). The Bertz CT molecular complexity index is 422. The van der Waals surface area contributed by atoms with Crippen LogP contribution in [0.4, 0.5) is 0 Å². The van der Waals surface area contributed by atoms with Gasteiger partial charge in [-0.2, -0.15) is 0 Å². The second kappa shape index (κ2) is 6.85. The van der Waals surface area contributed by atoms with Crippen molar-refractivity contribution >= 4 is 33.8 Å². The van der Waals surface area contributed by atoms with E-state index >= 15 is 0 Å². The number of hydrogen-bond donors (Lipinski definition) is 0. The highest BCUT2D eigenvalue weighted by Gasteiger charge is 2.45. The molecule has 0 aromatic carbocycles. The minimum Gasteiger partial charge on any atom is -0.456 e. The van der Waals surface area contributed by atoms with Gasteiger partial charge in [0.15, 0.2) is 23.3 Å². The molecule has 8 heteroatoms.